The van der Waals surface area contributed by atoms with Gasteiger partial charge in [-0.15, -0.1) is 11.3 Å². The van der Waals surface area contributed by atoms with Gasteiger partial charge in [0.15, 0.2) is 12.4 Å². The van der Waals surface area contributed by atoms with Gasteiger partial charge in [-0.05, 0) is 37.0 Å². The summed E-state index contributed by atoms with van der Waals surface area (Å²) in [5.74, 6) is -1.77. The lowest BCUT2D eigenvalue weighted by atomic mass is 10.1. The van der Waals surface area contributed by atoms with Gasteiger partial charge in [0.1, 0.15) is 17.6 Å². The minimum Gasteiger partial charge on any atom is -0.459 e. The molecule has 0 radical (unpaired) electrons. The van der Waals surface area contributed by atoms with E-state index in [-0.39, 0.29) is 12.3 Å². The number of aryl methyl sites for hydroxylation is 1. The highest BCUT2D eigenvalue weighted by atomic mass is 32.1. The van der Waals surface area contributed by atoms with Crippen LogP contribution < -0.4 is 10.6 Å². The average Bonchev–Trinajstić information content (AvgIpc) is 3.34. The molecule has 0 saturated heterocycles. The predicted molar refractivity (Wildman–Crippen MR) is 91.7 cm³/mol. The van der Waals surface area contributed by atoms with E-state index in [1.165, 1.54) is 23.7 Å². The number of amides is 2. The van der Waals surface area contributed by atoms with Crippen LogP contribution in [0.15, 0.2) is 22.8 Å². The average molecular weight is 373 g/mol. The molecule has 8 nitrogen and oxygen atoms in total. The lowest BCUT2D eigenvalue weighted by molar-refractivity contribution is -0.146. The normalized spacial score (nSPS) is 12.1. The van der Waals surface area contributed by atoms with Gasteiger partial charge >= 0.3 is 5.97 Å². The summed E-state index contributed by atoms with van der Waals surface area (Å²) >= 11 is 1.39. The van der Waals surface area contributed by atoms with E-state index >= 15 is 0 Å². The Morgan fingerprint density at radius 1 is 1.35 bits per heavy atom. The van der Waals surface area contributed by atoms with Crippen molar-refractivity contribution in [1.29, 1.82) is 5.26 Å². The fraction of sp³-hybridized carbons (Fsp3) is 0.294. The van der Waals surface area contributed by atoms with Gasteiger partial charge in [-0.25, -0.2) is 0 Å². The molecule has 2 amide bonds. The first-order valence-corrected chi connectivity index (χ1v) is 8.72. The molecule has 0 spiro atoms. The highest BCUT2D eigenvalue weighted by molar-refractivity contribution is 7.16. The van der Waals surface area contributed by atoms with E-state index in [4.69, 9.17) is 9.15 Å². The zero-order chi connectivity index (χ0) is 18.5. The van der Waals surface area contributed by atoms with Gasteiger partial charge in [0, 0.05) is 4.88 Å². The molecule has 0 saturated carbocycles. The van der Waals surface area contributed by atoms with Crippen molar-refractivity contribution in [3.8, 4) is 6.07 Å². The maximum absolute atomic E-state index is 11.9. The zero-order valence-electron chi connectivity index (χ0n) is 13.7. The first-order valence-electron chi connectivity index (χ1n) is 7.90. The maximum Gasteiger partial charge on any atom is 0.325 e. The SMILES string of the molecule is N#Cc1c(NC(=O)COC(=O)CNC(=O)c2ccco2)sc2c1CCC2. The van der Waals surface area contributed by atoms with E-state index in [9.17, 15) is 19.6 Å². The number of hydrogen-bond donors (Lipinski definition) is 2. The smallest absolute Gasteiger partial charge is 0.325 e. The summed E-state index contributed by atoms with van der Waals surface area (Å²) in [5.41, 5.74) is 1.50. The number of thiophene rings is 1. The molecule has 1 aliphatic carbocycles. The van der Waals surface area contributed by atoms with Crippen molar-refractivity contribution in [3.05, 3.63) is 40.2 Å². The second kappa shape index (κ2) is 7.84. The highest BCUT2D eigenvalue weighted by Crippen LogP contribution is 2.38. The summed E-state index contributed by atoms with van der Waals surface area (Å²) < 4.78 is 9.71. The Kier molecular flexibility index (Phi) is 5.34. The third kappa shape index (κ3) is 3.92. The van der Waals surface area contributed by atoms with Gasteiger partial charge in [0.05, 0.1) is 11.8 Å². The minimum atomic E-state index is -0.755. The van der Waals surface area contributed by atoms with Crippen molar-refractivity contribution >= 4 is 34.1 Å². The van der Waals surface area contributed by atoms with Crippen LogP contribution in [0.1, 0.15) is 33.0 Å². The van der Waals surface area contributed by atoms with Crippen molar-refractivity contribution in [3.63, 3.8) is 0 Å². The Morgan fingerprint density at radius 2 is 2.19 bits per heavy atom. The molecule has 2 aromatic rings. The number of rotatable bonds is 6. The minimum absolute atomic E-state index is 0.0744. The summed E-state index contributed by atoms with van der Waals surface area (Å²) in [6.07, 6.45) is 4.11. The van der Waals surface area contributed by atoms with Crippen molar-refractivity contribution in [2.75, 3.05) is 18.5 Å². The molecule has 0 aromatic carbocycles. The van der Waals surface area contributed by atoms with E-state index in [0.717, 1.165) is 29.7 Å². The first kappa shape index (κ1) is 17.7. The fourth-order valence-electron chi connectivity index (χ4n) is 2.62. The van der Waals surface area contributed by atoms with Gasteiger partial charge in [-0.2, -0.15) is 5.26 Å². The van der Waals surface area contributed by atoms with E-state index < -0.39 is 24.4 Å². The number of carbonyl (C=O) groups is 3. The monoisotopic (exact) mass is 373 g/mol. The Morgan fingerprint density at radius 3 is 2.92 bits per heavy atom. The Balaban J connectivity index is 1.45. The van der Waals surface area contributed by atoms with E-state index in [2.05, 4.69) is 16.7 Å². The molecule has 0 unspecified atom stereocenters. The van der Waals surface area contributed by atoms with Crippen LogP contribution in [0, 0.1) is 11.3 Å². The van der Waals surface area contributed by atoms with Crippen molar-refractivity contribution < 1.29 is 23.5 Å². The maximum atomic E-state index is 11.9. The number of fused-ring (bicyclic) bond motifs is 1. The molecule has 9 heteroatoms. The number of hydrogen-bond acceptors (Lipinski definition) is 7. The number of anilines is 1. The van der Waals surface area contributed by atoms with Crippen LogP contribution in [0.5, 0.6) is 0 Å². The topological polar surface area (TPSA) is 121 Å². The number of ether oxygens (including phenoxy) is 1. The second-order valence-corrected chi connectivity index (χ2v) is 6.65. The molecule has 134 valence electrons. The third-order valence-electron chi connectivity index (χ3n) is 3.79. The molecule has 2 N–H and O–H groups in total. The third-order valence-corrected chi connectivity index (χ3v) is 5.00. The Hall–Kier alpha value is -3.12. The summed E-state index contributed by atoms with van der Waals surface area (Å²) in [7, 11) is 0. The number of nitrogens with one attached hydrogen (secondary N) is 2. The van der Waals surface area contributed by atoms with Crippen LogP contribution in [0.3, 0.4) is 0 Å². The molecular weight excluding hydrogens is 358 g/mol. The van der Waals surface area contributed by atoms with Gasteiger partial charge < -0.3 is 19.8 Å². The molecule has 0 bridgehead atoms. The lowest BCUT2D eigenvalue weighted by Gasteiger charge is -2.06. The molecular formula is C17H15N3O5S. The Labute approximate surface area is 152 Å². The van der Waals surface area contributed by atoms with E-state index in [1.807, 2.05) is 0 Å². The second-order valence-electron chi connectivity index (χ2n) is 5.54. The number of nitriles is 1. The number of furan rings is 1. The molecule has 3 rings (SSSR count). The largest absolute Gasteiger partial charge is 0.459 e. The van der Waals surface area contributed by atoms with Gasteiger partial charge in [0.2, 0.25) is 0 Å². The zero-order valence-corrected chi connectivity index (χ0v) is 14.5. The summed E-state index contributed by atoms with van der Waals surface area (Å²) in [6.45, 7) is -0.882. The quantitative estimate of drug-likeness (QED) is 0.742. The molecule has 0 fully saturated rings. The van der Waals surface area contributed by atoms with Crippen LogP contribution in [0.2, 0.25) is 0 Å². The Bertz CT molecular complexity index is 879. The molecule has 0 aliphatic heterocycles. The summed E-state index contributed by atoms with van der Waals surface area (Å²) in [5, 5.41) is 14.7. The molecule has 1 aliphatic rings. The van der Waals surface area contributed by atoms with Crippen LogP contribution >= 0.6 is 11.3 Å². The van der Waals surface area contributed by atoms with Crippen LogP contribution in [-0.4, -0.2) is 30.9 Å². The van der Waals surface area contributed by atoms with Gasteiger partial charge in [-0.1, -0.05) is 0 Å². The number of nitrogens with zero attached hydrogens (tertiary/aromatic N) is 1. The van der Waals surface area contributed by atoms with Crippen LogP contribution in [-0.2, 0) is 27.2 Å². The highest BCUT2D eigenvalue weighted by Gasteiger charge is 2.23. The molecule has 0 atom stereocenters. The van der Waals surface area contributed by atoms with Crippen molar-refractivity contribution in [2.24, 2.45) is 0 Å². The van der Waals surface area contributed by atoms with Crippen LogP contribution in [0.25, 0.3) is 0 Å². The standard InChI is InChI=1S/C17H15N3O5S/c18-7-11-10-3-1-5-13(10)26-17(11)20-14(21)9-25-15(22)8-19-16(23)12-4-2-6-24-12/h2,4,6H,1,3,5,8-9H2,(H,19,23)(H,20,21). The van der Waals surface area contributed by atoms with E-state index in [0.29, 0.717) is 10.6 Å². The summed E-state index contributed by atoms with van der Waals surface area (Å²) in [4.78, 5) is 36.3. The lowest BCUT2D eigenvalue weighted by Crippen LogP contribution is -2.32. The van der Waals surface area contributed by atoms with Crippen LogP contribution in [0.4, 0.5) is 5.00 Å². The van der Waals surface area contributed by atoms with Crippen molar-refractivity contribution in [1.82, 2.24) is 5.32 Å². The van der Waals surface area contributed by atoms with E-state index in [1.54, 1.807) is 6.07 Å². The molecule has 2 heterocycles. The predicted octanol–water partition coefficient (Wildman–Crippen LogP) is 1.61. The number of carbonyl (C=O) groups excluding carboxylic acids is 3. The molecule has 26 heavy (non-hydrogen) atoms. The fourth-order valence-corrected chi connectivity index (χ4v) is 3.87. The van der Waals surface area contributed by atoms with Crippen molar-refractivity contribution in [2.45, 2.75) is 19.3 Å². The molecule has 2 aromatic heterocycles. The van der Waals surface area contributed by atoms with Gasteiger partial charge in [0.25, 0.3) is 11.8 Å². The first-order chi connectivity index (χ1) is 12.6. The number of esters is 1. The van der Waals surface area contributed by atoms with Gasteiger partial charge in [-0.3, -0.25) is 14.4 Å². The summed E-state index contributed by atoms with van der Waals surface area (Å²) in [6, 6.07) is 5.13.